The molecule has 5 rings (SSSR count). The maximum absolute atomic E-state index is 10.6. The molecule has 0 bridgehead atoms. The van der Waals surface area contributed by atoms with Crippen LogP contribution >= 0.6 is 11.6 Å². The number of nitro groups is 1. The Morgan fingerprint density at radius 2 is 1.20 bits per heavy atom. The minimum Gasteiger partial charge on any atom is -0.483 e. The van der Waals surface area contributed by atoms with Crippen LogP contribution in [0.25, 0.3) is 0 Å². The van der Waals surface area contributed by atoms with Crippen LogP contribution < -0.4 is 58.2 Å². The quantitative estimate of drug-likeness (QED) is 0.0281. The largest absolute Gasteiger partial charge is 0.483 e. The van der Waals surface area contributed by atoms with Gasteiger partial charge in [0.25, 0.3) is 12.2 Å². The van der Waals surface area contributed by atoms with Gasteiger partial charge in [0.15, 0.2) is 5.96 Å². The Bertz CT molecular complexity index is 2050. The number of rotatable bonds is 10. The number of nitrogens with zero attached hydrogens (tertiary/aromatic N) is 7. The van der Waals surface area contributed by atoms with E-state index >= 15 is 0 Å². The molecular weight excluding hydrogens is 858 g/mol. The van der Waals surface area contributed by atoms with E-state index in [9.17, 15) is 20.1 Å². The van der Waals surface area contributed by atoms with Gasteiger partial charge < -0.3 is 41.1 Å². The summed E-state index contributed by atoms with van der Waals surface area (Å²) < 4.78 is 0. The number of anilines is 7. The number of nitrogens with two attached hydrogens (primary N) is 3. The molecule has 1 aliphatic rings. The fourth-order valence-corrected chi connectivity index (χ4v) is 6.08. The van der Waals surface area contributed by atoms with Crippen molar-refractivity contribution >= 4 is 75.9 Å². The van der Waals surface area contributed by atoms with Crippen molar-refractivity contribution in [3.05, 3.63) is 104 Å². The molecule has 0 atom stereocenters. The predicted molar refractivity (Wildman–Crippen MR) is 270 cm³/mol. The third-order valence-corrected chi connectivity index (χ3v) is 9.36. The van der Waals surface area contributed by atoms with Crippen molar-refractivity contribution < 1.29 is 30.0 Å². The number of amides is 1. The van der Waals surface area contributed by atoms with Crippen LogP contribution in [0, 0.1) is 37.8 Å². The minimum atomic E-state index is -0.359. The normalized spacial score (nSPS) is 10.3. The third-order valence-electron chi connectivity index (χ3n) is 9.04. The van der Waals surface area contributed by atoms with E-state index in [0.717, 1.165) is 82.8 Å². The second-order valence-electron chi connectivity index (χ2n) is 14.4. The van der Waals surface area contributed by atoms with Crippen LogP contribution in [-0.2, 0) is 9.59 Å². The first-order valence-corrected chi connectivity index (χ1v) is 20.5. The third kappa shape index (κ3) is 20.8. The molecule has 0 fully saturated rings. The molecule has 12 N–H and O–H groups in total. The molecule has 0 saturated carbocycles. The Balaban J connectivity index is 0. The van der Waals surface area contributed by atoms with Gasteiger partial charge >= 0.3 is 0 Å². The second kappa shape index (κ2) is 33.1. The molecule has 1 amide bonds. The first-order chi connectivity index (χ1) is 30.7. The van der Waals surface area contributed by atoms with Crippen LogP contribution in [0.2, 0.25) is 5.02 Å². The summed E-state index contributed by atoms with van der Waals surface area (Å²) in [6, 6.07) is 20.2. The Labute approximate surface area is 389 Å². The lowest BCUT2D eigenvalue weighted by atomic mass is 10.1. The minimum absolute atomic E-state index is 0.172. The molecule has 0 spiro atoms. The van der Waals surface area contributed by atoms with Crippen LogP contribution in [0.4, 0.5) is 45.5 Å². The SMILES string of the molecule is CCCN.Cc1c(N(C)C)ccc(Cl)c1NC1=NCCN1.Cc1c(N(C)C)cccc1N(O)C=O.Cc1c(N(C)C)cccc1[N+](=O)[O-].Cc1c(NO)cccc1N(C)C.NN.O=CO. The fraction of sp³-hybridized carbons (Fsp3) is 0.386. The Hall–Kier alpha value is -6.42. The maximum atomic E-state index is 10.6. The van der Waals surface area contributed by atoms with Gasteiger partial charge in [0.2, 0.25) is 6.41 Å². The number of hydrazine groups is 1. The van der Waals surface area contributed by atoms with Gasteiger partial charge in [-0.2, -0.15) is 5.06 Å². The second-order valence-corrected chi connectivity index (χ2v) is 14.8. The highest BCUT2D eigenvalue weighted by molar-refractivity contribution is 6.34. The summed E-state index contributed by atoms with van der Waals surface area (Å²) in [5.41, 5.74) is 17.4. The smallest absolute Gasteiger partial charge is 0.290 e. The maximum Gasteiger partial charge on any atom is 0.290 e. The van der Waals surface area contributed by atoms with E-state index < -0.39 is 0 Å². The molecule has 4 aromatic rings. The number of carbonyl (C=O) groups excluding carboxylic acids is 1. The van der Waals surface area contributed by atoms with E-state index in [4.69, 9.17) is 32.4 Å². The molecule has 4 aromatic carbocycles. The number of hydroxylamine groups is 1. The summed E-state index contributed by atoms with van der Waals surface area (Å²) in [4.78, 5) is 41.2. The van der Waals surface area contributed by atoms with Gasteiger partial charge in [0.05, 0.1) is 33.6 Å². The van der Waals surface area contributed by atoms with Crippen LogP contribution in [-0.4, -0.2) is 115 Å². The Morgan fingerprint density at radius 1 is 0.769 bits per heavy atom. The average molecular weight is 931 g/mol. The van der Waals surface area contributed by atoms with E-state index in [2.05, 4.69) is 51.5 Å². The Morgan fingerprint density at radius 3 is 1.62 bits per heavy atom. The molecule has 1 aliphatic heterocycles. The summed E-state index contributed by atoms with van der Waals surface area (Å²) in [6.45, 7) is 12.0. The molecule has 0 radical (unpaired) electrons. The average Bonchev–Trinajstić information content (AvgIpc) is 3.80. The van der Waals surface area contributed by atoms with Crippen molar-refractivity contribution in [3.63, 3.8) is 0 Å². The van der Waals surface area contributed by atoms with E-state index in [1.54, 1.807) is 25.1 Å². The summed E-state index contributed by atoms with van der Waals surface area (Å²) in [5.74, 6) is 8.80. The van der Waals surface area contributed by atoms with Gasteiger partial charge in [-0.05, 0) is 99.8 Å². The van der Waals surface area contributed by atoms with E-state index in [1.807, 2.05) is 127 Å². The zero-order valence-corrected chi connectivity index (χ0v) is 40.8. The monoisotopic (exact) mass is 930 g/mol. The zero-order valence-electron chi connectivity index (χ0n) is 40.0. The van der Waals surface area contributed by atoms with Crippen LogP contribution in [0.5, 0.6) is 0 Å². The summed E-state index contributed by atoms with van der Waals surface area (Å²) in [7, 11) is 15.5. The van der Waals surface area contributed by atoms with Crippen molar-refractivity contribution in [2.75, 3.05) is 111 Å². The molecule has 0 aliphatic carbocycles. The van der Waals surface area contributed by atoms with E-state index in [0.29, 0.717) is 27.7 Å². The van der Waals surface area contributed by atoms with Crippen molar-refractivity contribution in [1.29, 1.82) is 0 Å². The summed E-state index contributed by atoms with van der Waals surface area (Å²) in [5, 5.41) is 43.2. The first kappa shape index (κ1) is 60.7. The van der Waals surface area contributed by atoms with Crippen molar-refractivity contribution in [3.8, 4) is 0 Å². The number of aliphatic imine (C=N–C) groups is 1. The highest BCUT2D eigenvalue weighted by Crippen LogP contribution is 2.33. The number of halogens is 1. The van der Waals surface area contributed by atoms with Gasteiger partial charge in [-0.15, -0.1) is 0 Å². The number of nitro benzene ring substituents is 1. The summed E-state index contributed by atoms with van der Waals surface area (Å²) >= 11 is 6.22. The molecule has 20 nitrogen and oxygen atoms in total. The number of hydrogen-bond acceptors (Lipinski definition) is 17. The van der Waals surface area contributed by atoms with Gasteiger partial charge in [-0.1, -0.05) is 36.7 Å². The number of guanidine groups is 1. The molecule has 1 heterocycles. The topological polar surface area (TPSA) is 281 Å². The predicted octanol–water partition coefficient (Wildman–Crippen LogP) is 6.20. The zero-order chi connectivity index (χ0) is 50.4. The number of carbonyl (C=O) groups is 2. The number of benzene rings is 4. The lowest BCUT2D eigenvalue weighted by Crippen LogP contribution is -2.27. The van der Waals surface area contributed by atoms with Crippen LogP contribution in [0.3, 0.4) is 0 Å². The van der Waals surface area contributed by atoms with Crippen molar-refractivity contribution in [1.82, 2.24) is 5.32 Å². The number of nitrogens with one attached hydrogen (secondary N) is 3. The molecule has 0 saturated heterocycles. The number of hydrogen-bond donors (Lipinski definition) is 9. The highest BCUT2D eigenvalue weighted by atomic mass is 35.5. The van der Waals surface area contributed by atoms with Gasteiger partial charge in [0, 0.05) is 97.3 Å². The molecular formula is C44H72ClN13O7. The first-order valence-electron chi connectivity index (χ1n) is 20.1. The summed E-state index contributed by atoms with van der Waals surface area (Å²) in [6.07, 6.45) is 1.47. The molecule has 21 heteroatoms. The van der Waals surface area contributed by atoms with E-state index in [-0.39, 0.29) is 17.1 Å². The van der Waals surface area contributed by atoms with Gasteiger partial charge in [0.1, 0.15) is 0 Å². The van der Waals surface area contributed by atoms with Crippen LogP contribution in [0.15, 0.2) is 71.7 Å². The highest BCUT2D eigenvalue weighted by Gasteiger charge is 2.15. The lowest BCUT2D eigenvalue weighted by molar-refractivity contribution is -0.385. The standard InChI is InChI=1S/C12H17ClN4.C10H14N2O2.C9H12N2O2.C9H14N2O.C3H9N.CH2O2.H4N2/c1-8-10(17(2)3)5-4-9(13)11(8)16-12-14-6-7-15-12;1-8-9(11(2)3)5-4-6-10(8)12(14)7-13;1-7-8(10(2)3)5-4-6-9(7)11(12)13;1-7-8(10-12)5-4-6-9(7)11(2)3;1-2-3-4;2-1-3;1-2/h4-5H,6-7H2,1-3H3,(H2,14,15,16);4-7,14H,1-3H3;4-6H,1-3H3;4-6,10,12H,1-3H3;2-4H2,1H3;1H,(H,2,3);1-2H2. The van der Waals surface area contributed by atoms with Crippen molar-refractivity contribution in [2.45, 2.75) is 41.0 Å². The molecule has 65 heavy (non-hydrogen) atoms. The molecule has 0 aromatic heterocycles. The molecule has 362 valence electrons. The van der Waals surface area contributed by atoms with Gasteiger partial charge in [-0.25, -0.2) is 0 Å². The fourth-order valence-electron chi connectivity index (χ4n) is 5.83. The van der Waals surface area contributed by atoms with Crippen molar-refractivity contribution in [2.24, 2.45) is 22.4 Å². The van der Waals surface area contributed by atoms with Crippen LogP contribution in [0.1, 0.15) is 35.6 Å². The Kier molecular flexibility index (Phi) is 30.9. The van der Waals surface area contributed by atoms with E-state index in [1.165, 1.54) is 6.07 Å². The molecule has 0 unspecified atom stereocenters. The number of carboxylic acid groups (broad SMARTS) is 1. The van der Waals surface area contributed by atoms with Gasteiger partial charge in [-0.3, -0.25) is 52.3 Å². The lowest BCUT2D eigenvalue weighted by Gasteiger charge is -2.20.